The summed E-state index contributed by atoms with van der Waals surface area (Å²) in [7, 11) is 0. The van der Waals surface area contributed by atoms with Gasteiger partial charge in [0.2, 0.25) is 5.95 Å². The first-order chi connectivity index (χ1) is 18.0. The number of aliphatic carboxylic acids is 1. The molecule has 3 N–H and O–H groups in total. The lowest BCUT2D eigenvalue weighted by molar-refractivity contribution is -0.139. The van der Waals surface area contributed by atoms with Crippen molar-refractivity contribution < 1.29 is 19.1 Å². The first-order valence-electron chi connectivity index (χ1n) is 12.0. The highest BCUT2D eigenvalue weighted by Crippen LogP contribution is 2.26. The highest BCUT2D eigenvalue weighted by Gasteiger charge is 2.19. The van der Waals surface area contributed by atoms with Gasteiger partial charge < -0.3 is 24.9 Å². The molecule has 0 aliphatic carbocycles. The van der Waals surface area contributed by atoms with Gasteiger partial charge in [-0.2, -0.15) is 19.7 Å². The number of carboxylic acids is 1. The zero-order valence-corrected chi connectivity index (χ0v) is 20.0. The summed E-state index contributed by atoms with van der Waals surface area (Å²) in [5.41, 5.74) is 9.60. The minimum atomic E-state index is -0.989. The number of hydrogen-bond acceptors (Lipinski definition) is 9. The van der Waals surface area contributed by atoms with E-state index in [1.165, 1.54) is 0 Å². The van der Waals surface area contributed by atoms with Crippen molar-refractivity contribution in [2.45, 2.75) is 6.54 Å². The monoisotopic (exact) mass is 502 g/mol. The van der Waals surface area contributed by atoms with Crippen LogP contribution in [0, 0.1) is 0 Å². The summed E-state index contributed by atoms with van der Waals surface area (Å²) >= 11 is 0. The van der Waals surface area contributed by atoms with E-state index in [2.05, 4.69) is 25.0 Å². The molecule has 0 radical (unpaired) electrons. The van der Waals surface area contributed by atoms with Gasteiger partial charge in [-0.25, -0.2) is 9.48 Å². The van der Waals surface area contributed by atoms with Gasteiger partial charge in [0.05, 0.1) is 29.9 Å². The zero-order chi connectivity index (χ0) is 25.4. The number of piperazine rings is 1. The molecule has 0 saturated carbocycles. The van der Waals surface area contributed by atoms with Gasteiger partial charge in [-0.15, -0.1) is 0 Å². The van der Waals surface area contributed by atoms with E-state index in [9.17, 15) is 4.79 Å². The lowest BCUT2D eigenvalue weighted by Crippen LogP contribution is -2.47. The molecule has 0 amide bonds. The van der Waals surface area contributed by atoms with Gasteiger partial charge in [-0.05, 0) is 42.5 Å². The third-order valence-electron chi connectivity index (χ3n) is 6.57. The van der Waals surface area contributed by atoms with Crippen LogP contribution in [0.3, 0.4) is 0 Å². The van der Waals surface area contributed by atoms with Gasteiger partial charge in [0.25, 0.3) is 0 Å². The molecule has 12 nitrogen and oxygen atoms in total. The van der Waals surface area contributed by atoms with Gasteiger partial charge in [0.1, 0.15) is 11.4 Å². The standard InChI is InChI=1S/C25H26N8O4/c26-25-28-24-19(21-14-20(29-33(21)25)22-2-1-13-36-22)15-27-32(24)12-9-30-7-10-31(11-8-30)17-3-5-18(6-4-17)37-16-23(34)35/h1-6,13-15H,7-12,16H2,(H2,26,28)(H,34,35). The number of nitrogens with two attached hydrogens (primary N) is 1. The molecule has 0 bridgehead atoms. The molecule has 4 aromatic heterocycles. The maximum absolute atomic E-state index is 10.7. The molecule has 0 spiro atoms. The molecule has 1 aromatic carbocycles. The van der Waals surface area contributed by atoms with Gasteiger partial charge in [0, 0.05) is 38.4 Å². The number of aromatic nitrogens is 5. The van der Waals surface area contributed by atoms with Crippen molar-refractivity contribution in [2.24, 2.45) is 0 Å². The van der Waals surface area contributed by atoms with E-state index in [0.717, 1.165) is 55.0 Å². The van der Waals surface area contributed by atoms with E-state index < -0.39 is 5.97 Å². The number of carboxylic acid groups (broad SMARTS) is 1. The van der Waals surface area contributed by atoms with Crippen LogP contribution in [0.1, 0.15) is 0 Å². The number of carbonyl (C=O) groups is 1. The molecule has 1 aliphatic rings. The van der Waals surface area contributed by atoms with Crippen molar-refractivity contribution >= 4 is 34.2 Å². The van der Waals surface area contributed by atoms with Gasteiger partial charge in [-0.3, -0.25) is 4.90 Å². The van der Waals surface area contributed by atoms with Crippen LogP contribution in [0.25, 0.3) is 28.0 Å². The Labute approximate surface area is 211 Å². The van der Waals surface area contributed by atoms with E-state index in [1.54, 1.807) is 22.9 Å². The second-order valence-electron chi connectivity index (χ2n) is 8.88. The normalized spacial score (nSPS) is 14.5. The third-order valence-corrected chi connectivity index (χ3v) is 6.57. The summed E-state index contributed by atoms with van der Waals surface area (Å²) in [5, 5.41) is 18.8. The highest BCUT2D eigenvalue weighted by molar-refractivity contribution is 5.93. The number of benzene rings is 1. The van der Waals surface area contributed by atoms with Crippen LogP contribution < -0.4 is 15.4 Å². The summed E-state index contributed by atoms with van der Waals surface area (Å²) in [5.74, 6) is 0.535. The maximum Gasteiger partial charge on any atom is 0.341 e. The summed E-state index contributed by atoms with van der Waals surface area (Å²) in [6.07, 6.45) is 3.43. The third kappa shape index (κ3) is 4.54. The van der Waals surface area contributed by atoms with E-state index in [4.69, 9.17) is 20.0 Å². The molecule has 37 heavy (non-hydrogen) atoms. The molecule has 0 unspecified atom stereocenters. The molecule has 1 saturated heterocycles. The molecule has 5 heterocycles. The summed E-state index contributed by atoms with van der Waals surface area (Å²) in [4.78, 5) is 20.0. The van der Waals surface area contributed by atoms with Crippen molar-refractivity contribution in [1.29, 1.82) is 0 Å². The topological polar surface area (TPSA) is 140 Å². The lowest BCUT2D eigenvalue weighted by atomic mass is 10.2. The summed E-state index contributed by atoms with van der Waals surface area (Å²) < 4.78 is 14.2. The molecule has 190 valence electrons. The Morgan fingerprint density at radius 3 is 2.65 bits per heavy atom. The Morgan fingerprint density at radius 1 is 1.11 bits per heavy atom. The average molecular weight is 503 g/mol. The number of anilines is 2. The van der Waals surface area contributed by atoms with Crippen molar-refractivity contribution in [3.8, 4) is 17.2 Å². The molecular weight excluding hydrogens is 476 g/mol. The van der Waals surface area contributed by atoms with Crippen LogP contribution in [-0.2, 0) is 11.3 Å². The van der Waals surface area contributed by atoms with Crippen LogP contribution in [0.15, 0.2) is 59.3 Å². The number of fused-ring (bicyclic) bond motifs is 3. The van der Waals surface area contributed by atoms with E-state index in [-0.39, 0.29) is 6.61 Å². The van der Waals surface area contributed by atoms with Crippen molar-refractivity contribution in [2.75, 3.05) is 50.0 Å². The summed E-state index contributed by atoms with van der Waals surface area (Å²) in [6.45, 7) is 4.83. The quantitative estimate of drug-likeness (QED) is 0.324. The molecule has 1 fully saturated rings. The molecule has 5 aromatic rings. The molecular formula is C25H26N8O4. The number of nitrogens with zero attached hydrogens (tertiary/aromatic N) is 7. The largest absolute Gasteiger partial charge is 0.482 e. The van der Waals surface area contributed by atoms with Gasteiger partial charge in [0.15, 0.2) is 18.0 Å². The van der Waals surface area contributed by atoms with Crippen molar-refractivity contribution in [1.82, 2.24) is 29.3 Å². The number of ether oxygens (including phenoxy) is 1. The zero-order valence-electron chi connectivity index (χ0n) is 20.0. The Kier molecular flexibility index (Phi) is 5.85. The van der Waals surface area contributed by atoms with Crippen molar-refractivity contribution in [3.63, 3.8) is 0 Å². The summed E-state index contributed by atoms with van der Waals surface area (Å²) in [6, 6.07) is 13.2. The Morgan fingerprint density at radius 2 is 1.92 bits per heavy atom. The molecule has 12 heteroatoms. The van der Waals surface area contributed by atoms with E-state index in [0.29, 0.717) is 29.7 Å². The molecule has 0 atom stereocenters. The fraction of sp³-hybridized carbons (Fsp3) is 0.280. The van der Waals surface area contributed by atoms with E-state index in [1.807, 2.05) is 41.2 Å². The lowest BCUT2D eigenvalue weighted by Gasteiger charge is -2.36. The van der Waals surface area contributed by atoms with Crippen LogP contribution in [0.4, 0.5) is 11.6 Å². The van der Waals surface area contributed by atoms with E-state index >= 15 is 0 Å². The fourth-order valence-electron chi connectivity index (χ4n) is 4.65. The fourth-order valence-corrected chi connectivity index (χ4v) is 4.65. The minimum Gasteiger partial charge on any atom is -0.482 e. The van der Waals surface area contributed by atoms with Crippen LogP contribution >= 0.6 is 0 Å². The highest BCUT2D eigenvalue weighted by atomic mass is 16.5. The average Bonchev–Trinajstić information content (AvgIpc) is 3.67. The number of hydrogen-bond donors (Lipinski definition) is 2. The van der Waals surface area contributed by atoms with Crippen LogP contribution in [-0.4, -0.2) is 79.7 Å². The molecule has 1 aliphatic heterocycles. The minimum absolute atomic E-state index is 0.301. The van der Waals surface area contributed by atoms with Crippen molar-refractivity contribution in [3.05, 3.63) is 54.9 Å². The Balaban J connectivity index is 1.09. The maximum atomic E-state index is 10.7. The van der Waals surface area contributed by atoms with Crippen LogP contribution in [0.2, 0.25) is 0 Å². The van der Waals surface area contributed by atoms with Gasteiger partial charge in [-0.1, -0.05) is 0 Å². The van der Waals surface area contributed by atoms with Crippen LogP contribution in [0.5, 0.6) is 5.75 Å². The SMILES string of the molecule is Nc1nc2c(cnn2CCN2CCN(c3ccc(OCC(=O)O)cc3)CC2)c2cc(-c3ccco3)nn12. The predicted molar refractivity (Wildman–Crippen MR) is 137 cm³/mol. The second-order valence-corrected chi connectivity index (χ2v) is 8.88. The smallest absolute Gasteiger partial charge is 0.341 e. The Bertz CT molecular complexity index is 1530. The second kappa shape index (κ2) is 9.47. The number of rotatable bonds is 8. The number of nitrogen functional groups attached to an aromatic ring is 1. The first-order valence-corrected chi connectivity index (χ1v) is 12.0. The number of furan rings is 1. The predicted octanol–water partition coefficient (Wildman–Crippen LogP) is 2.21. The first kappa shape index (κ1) is 22.9. The van der Waals surface area contributed by atoms with Gasteiger partial charge >= 0.3 is 5.97 Å². The Hall–Kier alpha value is -4.58. The molecule has 6 rings (SSSR count).